The van der Waals surface area contributed by atoms with Crippen LogP contribution in [0.15, 0.2) is 24.3 Å². The van der Waals surface area contributed by atoms with Gasteiger partial charge in [0.1, 0.15) is 5.82 Å². The van der Waals surface area contributed by atoms with E-state index in [4.69, 9.17) is 0 Å². The second-order valence-electron chi connectivity index (χ2n) is 7.78. The number of carbonyl (C=O) groups excluding carboxylic acids is 1. The summed E-state index contributed by atoms with van der Waals surface area (Å²) < 4.78 is 15.7. The molecule has 1 saturated heterocycles. The van der Waals surface area contributed by atoms with Crippen LogP contribution in [-0.4, -0.2) is 33.7 Å². The van der Waals surface area contributed by atoms with Gasteiger partial charge in [0.25, 0.3) is 0 Å². The summed E-state index contributed by atoms with van der Waals surface area (Å²) in [7, 11) is 0. The van der Waals surface area contributed by atoms with Crippen LogP contribution < -0.4 is 5.32 Å². The zero-order chi connectivity index (χ0) is 20.1. The minimum atomic E-state index is -0.391. The minimum absolute atomic E-state index is 0.113. The van der Waals surface area contributed by atoms with Crippen molar-refractivity contribution in [1.82, 2.24) is 14.7 Å². The molecule has 28 heavy (non-hydrogen) atoms. The molecule has 1 unspecified atom stereocenters. The molecule has 1 N–H and O–H groups in total. The van der Waals surface area contributed by atoms with Crippen molar-refractivity contribution >= 4 is 11.6 Å². The molecule has 1 aliphatic heterocycles. The zero-order valence-corrected chi connectivity index (χ0v) is 17.2. The summed E-state index contributed by atoms with van der Waals surface area (Å²) in [6.07, 6.45) is 3.57. The van der Waals surface area contributed by atoms with E-state index in [0.717, 1.165) is 51.1 Å². The van der Waals surface area contributed by atoms with Crippen LogP contribution in [0.4, 0.5) is 10.1 Å². The molecule has 5 nitrogen and oxygen atoms in total. The lowest BCUT2D eigenvalue weighted by atomic mass is 9.93. The molecule has 0 saturated carbocycles. The summed E-state index contributed by atoms with van der Waals surface area (Å²) in [5, 5.41) is 7.31. The topological polar surface area (TPSA) is 50.2 Å². The Balaban J connectivity index is 1.50. The van der Waals surface area contributed by atoms with Crippen molar-refractivity contribution in [2.45, 2.75) is 59.5 Å². The second-order valence-corrected chi connectivity index (χ2v) is 7.78. The summed E-state index contributed by atoms with van der Waals surface area (Å²) in [5.74, 6) is -0.00172. The molecule has 1 aliphatic rings. The molecule has 1 aromatic heterocycles. The minimum Gasteiger partial charge on any atom is -0.324 e. The smallest absolute Gasteiger partial charge is 0.224 e. The Morgan fingerprint density at radius 2 is 2.11 bits per heavy atom. The van der Waals surface area contributed by atoms with E-state index in [9.17, 15) is 9.18 Å². The molecule has 6 heteroatoms. The summed E-state index contributed by atoms with van der Waals surface area (Å²) in [5.41, 5.74) is 3.97. The molecule has 0 bridgehead atoms. The number of piperidine rings is 1. The van der Waals surface area contributed by atoms with Crippen LogP contribution in [0.5, 0.6) is 0 Å². The Morgan fingerprint density at radius 1 is 1.32 bits per heavy atom. The fraction of sp³-hybridized carbons (Fsp3) is 0.545. The van der Waals surface area contributed by atoms with Gasteiger partial charge in [-0.15, -0.1) is 0 Å². The summed E-state index contributed by atoms with van der Waals surface area (Å²) in [6, 6.07) is 6.30. The number of amides is 1. The maximum Gasteiger partial charge on any atom is 0.224 e. The molecule has 1 aromatic carbocycles. The first-order chi connectivity index (χ1) is 13.5. The molecule has 0 spiro atoms. The molecule has 0 aliphatic carbocycles. The predicted octanol–water partition coefficient (Wildman–Crippen LogP) is 4.29. The van der Waals surface area contributed by atoms with Crippen molar-refractivity contribution in [3.8, 4) is 0 Å². The highest BCUT2D eigenvalue weighted by Crippen LogP contribution is 2.24. The zero-order valence-electron chi connectivity index (χ0n) is 17.2. The number of benzene rings is 1. The number of halogens is 1. The molecule has 2 aromatic rings. The fourth-order valence-corrected chi connectivity index (χ4v) is 4.14. The lowest BCUT2D eigenvalue weighted by Crippen LogP contribution is -2.35. The first-order valence-corrected chi connectivity index (χ1v) is 10.3. The maximum absolute atomic E-state index is 13.7. The van der Waals surface area contributed by atoms with Gasteiger partial charge in [0.05, 0.1) is 11.4 Å². The van der Waals surface area contributed by atoms with Crippen LogP contribution in [0.1, 0.15) is 49.6 Å². The third-order valence-corrected chi connectivity index (χ3v) is 5.74. The molecule has 0 radical (unpaired) electrons. The Morgan fingerprint density at radius 3 is 2.82 bits per heavy atom. The molecule has 1 fully saturated rings. The number of aromatic nitrogens is 2. The number of hydrogen-bond acceptors (Lipinski definition) is 3. The van der Waals surface area contributed by atoms with Gasteiger partial charge >= 0.3 is 0 Å². The van der Waals surface area contributed by atoms with Crippen molar-refractivity contribution < 1.29 is 9.18 Å². The summed E-state index contributed by atoms with van der Waals surface area (Å²) in [4.78, 5) is 14.7. The van der Waals surface area contributed by atoms with Gasteiger partial charge in [0.2, 0.25) is 5.91 Å². The molecule has 152 valence electrons. The number of likely N-dealkylation sites (tertiary alicyclic amines) is 1. The molecule has 3 rings (SSSR count). The number of rotatable bonds is 7. The van der Waals surface area contributed by atoms with Crippen LogP contribution in [0.3, 0.4) is 0 Å². The normalized spacial score (nSPS) is 17.6. The number of carbonyl (C=O) groups is 1. The third-order valence-electron chi connectivity index (χ3n) is 5.74. The van der Waals surface area contributed by atoms with E-state index in [-0.39, 0.29) is 11.6 Å². The van der Waals surface area contributed by atoms with Crippen LogP contribution in [-0.2, 0) is 17.9 Å². The first kappa shape index (κ1) is 20.5. The maximum atomic E-state index is 13.7. The second kappa shape index (κ2) is 9.32. The van der Waals surface area contributed by atoms with Crippen molar-refractivity contribution in [3.63, 3.8) is 0 Å². The van der Waals surface area contributed by atoms with Gasteiger partial charge in [0, 0.05) is 37.3 Å². The molecule has 1 amide bonds. The van der Waals surface area contributed by atoms with E-state index in [1.807, 2.05) is 0 Å². The highest BCUT2D eigenvalue weighted by molar-refractivity contribution is 5.90. The van der Waals surface area contributed by atoms with Crippen LogP contribution >= 0.6 is 0 Å². The molecular formula is C22H31FN4O. The van der Waals surface area contributed by atoms with E-state index in [1.54, 1.807) is 18.2 Å². The van der Waals surface area contributed by atoms with Crippen molar-refractivity contribution in [2.75, 3.05) is 18.4 Å². The Kier molecular flexibility index (Phi) is 6.83. The number of anilines is 1. The first-order valence-electron chi connectivity index (χ1n) is 10.3. The lowest BCUT2D eigenvalue weighted by molar-refractivity contribution is -0.116. The Labute approximate surface area is 166 Å². The highest BCUT2D eigenvalue weighted by atomic mass is 19.1. The number of hydrogen-bond donors (Lipinski definition) is 1. The third kappa shape index (κ3) is 4.98. The standard InChI is InChI=1S/C22H31FN4O/c1-4-27-17(3)19(16(2)25-27)15-26-13-7-8-18(14-26)11-12-22(28)24-21-10-6-5-9-20(21)23/h5-6,9-10,18H,4,7-8,11-15H2,1-3H3,(H,24,28). The number of nitrogens with one attached hydrogen (secondary N) is 1. The van der Waals surface area contributed by atoms with E-state index in [2.05, 4.69) is 40.8 Å². The van der Waals surface area contributed by atoms with Gasteiger partial charge in [-0.25, -0.2) is 4.39 Å². The average molecular weight is 387 g/mol. The number of nitrogens with zero attached hydrogens (tertiary/aromatic N) is 3. The van der Waals surface area contributed by atoms with Crippen LogP contribution in [0, 0.1) is 25.6 Å². The van der Waals surface area contributed by atoms with Gasteiger partial charge in [-0.1, -0.05) is 12.1 Å². The Bertz CT molecular complexity index is 817. The van der Waals surface area contributed by atoms with Crippen LogP contribution in [0.25, 0.3) is 0 Å². The van der Waals surface area contributed by atoms with E-state index in [1.165, 1.54) is 17.3 Å². The SMILES string of the molecule is CCn1nc(C)c(CN2CCCC(CCC(=O)Nc3ccccc3F)C2)c1C. The summed E-state index contributed by atoms with van der Waals surface area (Å²) >= 11 is 0. The Hall–Kier alpha value is -2.21. The van der Waals surface area contributed by atoms with E-state index >= 15 is 0 Å². The van der Waals surface area contributed by atoms with Crippen LogP contribution in [0.2, 0.25) is 0 Å². The number of para-hydroxylation sites is 1. The van der Waals surface area contributed by atoms with Gasteiger partial charge in [0.15, 0.2) is 0 Å². The number of aryl methyl sites for hydroxylation is 2. The van der Waals surface area contributed by atoms with E-state index < -0.39 is 5.82 Å². The quantitative estimate of drug-likeness (QED) is 0.772. The summed E-state index contributed by atoms with van der Waals surface area (Å²) in [6.45, 7) is 10.3. The largest absolute Gasteiger partial charge is 0.324 e. The predicted molar refractivity (Wildman–Crippen MR) is 110 cm³/mol. The van der Waals surface area contributed by atoms with Crippen molar-refractivity contribution in [2.24, 2.45) is 5.92 Å². The lowest BCUT2D eigenvalue weighted by Gasteiger charge is -2.32. The molecular weight excluding hydrogens is 355 g/mol. The van der Waals surface area contributed by atoms with Gasteiger partial charge in [-0.2, -0.15) is 5.10 Å². The fourth-order valence-electron chi connectivity index (χ4n) is 4.14. The molecule has 1 atom stereocenters. The van der Waals surface area contributed by atoms with E-state index in [0.29, 0.717) is 12.3 Å². The van der Waals surface area contributed by atoms with Gasteiger partial charge in [-0.05, 0) is 64.6 Å². The highest BCUT2D eigenvalue weighted by Gasteiger charge is 2.23. The van der Waals surface area contributed by atoms with Crippen molar-refractivity contribution in [1.29, 1.82) is 0 Å². The van der Waals surface area contributed by atoms with Gasteiger partial charge in [-0.3, -0.25) is 14.4 Å². The molecule has 2 heterocycles. The average Bonchev–Trinajstić information content (AvgIpc) is 2.96. The van der Waals surface area contributed by atoms with Crippen molar-refractivity contribution in [3.05, 3.63) is 47.0 Å². The van der Waals surface area contributed by atoms with Gasteiger partial charge < -0.3 is 5.32 Å². The monoisotopic (exact) mass is 386 g/mol.